The molecular weight excluding hydrogens is 260 g/mol. The van der Waals surface area contributed by atoms with Gasteiger partial charge < -0.3 is 10.2 Å². The minimum absolute atomic E-state index is 0. The highest BCUT2D eigenvalue weighted by Gasteiger charge is 2.19. The molecule has 1 aliphatic rings. The molecule has 0 unspecified atom stereocenters. The van der Waals surface area contributed by atoms with Crippen molar-refractivity contribution < 1.29 is 4.79 Å². The zero-order chi connectivity index (χ0) is 13.2. The number of halogens is 1. The van der Waals surface area contributed by atoms with Crippen LogP contribution in [0.5, 0.6) is 0 Å². The Hall–Kier alpha value is -0.540. The molecule has 112 valence electrons. The van der Waals surface area contributed by atoms with Gasteiger partial charge in [-0.3, -0.25) is 4.79 Å². The summed E-state index contributed by atoms with van der Waals surface area (Å²) in [5.74, 6) is 1.00. The highest BCUT2D eigenvalue weighted by Crippen LogP contribution is 2.24. The van der Waals surface area contributed by atoms with Gasteiger partial charge >= 0.3 is 0 Å². The maximum atomic E-state index is 12.1. The summed E-state index contributed by atoms with van der Waals surface area (Å²) in [6.45, 7) is 6.32. The number of hydrogen-bond acceptors (Lipinski definition) is 2. The van der Waals surface area contributed by atoms with E-state index in [-0.39, 0.29) is 18.3 Å². The Bertz CT molecular complexity index is 253. The summed E-state index contributed by atoms with van der Waals surface area (Å²) >= 11 is 0. The molecule has 1 N–H and O–H groups in total. The van der Waals surface area contributed by atoms with Crippen molar-refractivity contribution in [1.29, 1.82) is 0 Å². The van der Waals surface area contributed by atoms with Crippen LogP contribution in [0, 0.1) is 5.92 Å². The Labute approximate surface area is 124 Å². The largest absolute Gasteiger partial charge is 0.339 e. The smallest absolute Gasteiger partial charge is 0.222 e. The molecule has 0 aromatic heterocycles. The number of nitrogens with one attached hydrogen (secondary N) is 1. The lowest BCUT2D eigenvalue weighted by Crippen LogP contribution is -2.36. The molecule has 0 saturated heterocycles. The van der Waals surface area contributed by atoms with Crippen LogP contribution < -0.4 is 5.32 Å². The van der Waals surface area contributed by atoms with Crippen LogP contribution in [0.3, 0.4) is 0 Å². The first-order valence-electron chi connectivity index (χ1n) is 7.31. The van der Waals surface area contributed by atoms with Crippen molar-refractivity contribution in [3.05, 3.63) is 12.7 Å². The van der Waals surface area contributed by atoms with Crippen LogP contribution >= 0.6 is 12.4 Å². The topological polar surface area (TPSA) is 32.3 Å². The van der Waals surface area contributed by atoms with Gasteiger partial charge in [0.25, 0.3) is 0 Å². The third-order valence-electron chi connectivity index (χ3n) is 3.72. The SMILES string of the molecule is C=CCN(CC1CCCCC1)C(=O)CCCNC.Cl. The molecule has 0 aliphatic heterocycles. The number of rotatable bonds is 8. The number of hydrogen-bond donors (Lipinski definition) is 1. The lowest BCUT2D eigenvalue weighted by molar-refractivity contribution is -0.131. The Morgan fingerprint density at radius 2 is 2.05 bits per heavy atom. The summed E-state index contributed by atoms with van der Waals surface area (Å²) in [5.41, 5.74) is 0. The summed E-state index contributed by atoms with van der Waals surface area (Å²) in [7, 11) is 1.92. The highest BCUT2D eigenvalue weighted by molar-refractivity contribution is 5.85. The van der Waals surface area contributed by atoms with Crippen LogP contribution in [0.25, 0.3) is 0 Å². The Morgan fingerprint density at radius 1 is 1.37 bits per heavy atom. The first-order valence-corrected chi connectivity index (χ1v) is 7.31. The van der Waals surface area contributed by atoms with Crippen LogP contribution in [0.15, 0.2) is 12.7 Å². The standard InChI is InChI=1S/C15H28N2O.ClH/c1-3-12-17(15(18)10-7-11-16-2)13-14-8-5-4-6-9-14;/h3,14,16H,1,4-13H2,2H3;1H. The predicted molar refractivity (Wildman–Crippen MR) is 83.8 cm³/mol. The third kappa shape index (κ3) is 7.58. The number of amides is 1. The minimum atomic E-state index is 0. The maximum Gasteiger partial charge on any atom is 0.222 e. The zero-order valence-corrected chi connectivity index (χ0v) is 13.0. The quantitative estimate of drug-likeness (QED) is 0.550. The normalized spacial score (nSPS) is 15.6. The summed E-state index contributed by atoms with van der Waals surface area (Å²) in [4.78, 5) is 14.1. The molecule has 1 aliphatic carbocycles. The lowest BCUT2D eigenvalue weighted by Gasteiger charge is -2.29. The van der Waals surface area contributed by atoms with Gasteiger partial charge in [-0.2, -0.15) is 0 Å². The maximum absolute atomic E-state index is 12.1. The molecule has 0 bridgehead atoms. The molecule has 19 heavy (non-hydrogen) atoms. The average Bonchev–Trinajstić information content (AvgIpc) is 2.39. The van der Waals surface area contributed by atoms with Gasteiger partial charge in [0, 0.05) is 19.5 Å². The van der Waals surface area contributed by atoms with Gasteiger partial charge in [-0.15, -0.1) is 19.0 Å². The van der Waals surface area contributed by atoms with E-state index in [0.717, 1.165) is 19.5 Å². The first kappa shape index (κ1) is 18.5. The fraction of sp³-hybridized carbons (Fsp3) is 0.800. The van der Waals surface area contributed by atoms with Gasteiger partial charge in [0.05, 0.1) is 0 Å². The summed E-state index contributed by atoms with van der Waals surface area (Å²) in [6, 6.07) is 0. The summed E-state index contributed by atoms with van der Waals surface area (Å²) in [6.07, 6.45) is 10.0. The number of carbonyl (C=O) groups is 1. The van der Waals surface area contributed by atoms with Crippen molar-refractivity contribution in [1.82, 2.24) is 10.2 Å². The lowest BCUT2D eigenvalue weighted by atomic mass is 9.89. The molecule has 0 radical (unpaired) electrons. The van der Waals surface area contributed by atoms with Crippen molar-refractivity contribution in [3.8, 4) is 0 Å². The van der Waals surface area contributed by atoms with Gasteiger partial charge in [0.15, 0.2) is 0 Å². The van der Waals surface area contributed by atoms with Gasteiger partial charge in [-0.25, -0.2) is 0 Å². The van der Waals surface area contributed by atoms with E-state index in [0.29, 0.717) is 18.9 Å². The predicted octanol–water partition coefficient (Wildman–Crippen LogP) is 3.00. The molecule has 1 fully saturated rings. The van der Waals surface area contributed by atoms with Gasteiger partial charge in [-0.1, -0.05) is 25.3 Å². The fourth-order valence-electron chi connectivity index (χ4n) is 2.69. The molecule has 1 saturated carbocycles. The molecule has 1 amide bonds. The molecular formula is C15H29ClN2O. The van der Waals surface area contributed by atoms with Gasteiger partial charge in [0.1, 0.15) is 0 Å². The third-order valence-corrected chi connectivity index (χ3v) is 3.72. The van der Waals surface area contributed by atoms with E-state index in [9.17, 15) is 4.79 Å². The fourth-order valence-corrected chi connectivity index (χ4v) is 2.69. The Kier molecular flexibility index (Phi) is 11.0. The first-order chi connectivity index (χ1) is 8.77. The van der Waals surface area contributed by atoms with E-state index < -0.39 is 0 Å². The molecule has 0 aromatic rings. The molecule has 0 atom stereocenters. The van der Waals surface area contributed by atoms with Crippen molar-refractivity contribution >= 4 is 18.3 Å². The van der Waals surface area contributed by atoms with E-state index in [1.54, 1.807) is 0 Å². The average molecular weight is 289 g/mol. The Balaban J connectivity index is 0.00000324. The van der Waals surface area contributed by atoms with Crippen molar-refractivity contribution in [2.75, 3.05) is 26.7 Å². The monoisotopic (exact) mass is 288 g/mol. The molecule has 0 heterocycles. The summed E-state index contributed by atoms with van der Waals surface area (Å²) < 4.78 is 0. The highest BCUT2D eigenvalue weighted by atomic mass is 35.5. The molecule has 4 heteroatoms. The van der Waals surface area contributed by atoms with Crippen molar-refractivity contribution in [2.45, 2.75) is 44.9 Å². The van der Waals surface area contributed by atoms with Crippen LogP contribution in [-0.2, 0) is 4.79 Å². The minimum Gasteiger partial charge on any atom is -0.339 e. The van der Waals surface area contributed by atoms with Crippen molar-refractivity contribution in [3.63, 3.8) is 0 Å². The van der Waals surface area contributed by atoms with Crippen LogP contribution in [0.1, 0.15) is 44.9 Å². The van der Waals surface area contributed by atoms with Crippen LogP contribution in [-0.4, -0.2) is 37.5 Å². The van der Waals surface area contributed by atoms with E-state index >= 15 is 0 Å². The second-order valence-corrected chi connectivity index (χ2v) is 5.30. The van der Waals surface area contributed by atoms with Gasteiger partial charge in [-0.05, 0) is 38.8 Å². The number of carbonyl (C=O) groups excluding carboxylic acids is 1. The second-order valence-electron chi connectivity index (χ2n) is 5.30. The van der Waals surface area contributed by atoms with E-state index in [1.165, 1.54) is 32.1 Å². The number of nitrogens with zero attached hydrogens (tertiary/aromatic N) is 1. The van der Waals surface area contributed by atoms with Crippen molar-refractivity contribution in [2.24, 2.45) is 5.92 Å². The molecule has 0 spiro atoms. The molecule has 1 rings (SSSR count). The molecule has 0 aromatic carbocycles. The molecule has 3 nitrogen and oxygen atoms in total. The van der Waals surface area contributed by atoms with E-state index in [1.807, 2.05) is 18.0 Å². The van der Waals surface area contributed by atoms with Gasteiger partial charge in [0.2, 0.25) is 5.91 Å². The van der Waals surface area contributed by atoms with Crippen LogP contribution in [0.2, 0.25) is 0 Å². The summed E-state index contributed by atoms with van der Waals surface area (Å²) in [5, 5.41) is 3.08. The van der Waals surface area contributed by atoms with E-state index in [2.05, 4.69) is 11.9 Å². The van der Waals surface area contributed by atoms with Crippen LogP contribution in [0.4, 0.5) is 0 Å². The zero-order valence-electron chi connectivity index (χ0n) is 12.2. The second kappa shape index (κ2) is 11.3. The Morgan fingerprint density at radius 3 is 2.63 bits per heavy atom. The van der Waals surface area contributed by atoms with E-state index in [4.69, 9.17) is 0 Å².